The fourth-order valence-corrected chi connectivity index (χ4v) is 7.48. The number of allylic oxidation sites excluding steroid dienone is 2. The van der Waals surface area contributed by atoms with Crippen molar-refractivity contribution in [3.05, 3.63) is 12.2 Å². The molecule has 0 fully saturated rings. The van der Waals surface area contributed by atoms with E-state index in [1.54, 1.807) is 0 Å². The van der Waals surface area contributed by atoms with E-state index in [1.807, 2.05) is 0 Å². The monoisotopic (exact) mass is 759 g/mol. The van der Waals surface area contributed by atoms with Gasteiger partial charge in [-0.1, -0.05) is 193 Å². The summed E-state index contributed by atoms with van der Waals surface area (Å²) >= 11 is 0. The van der Waals surface area contributed by atoms with Crippen LogP contribution in [0.25, 0.3) is 0 Å². The first kappa shape index (κ1) is 51.2. The molecule has 0 aromatic carbocycles. The maximum Gasteiger partial charge on any atom is 0.472 e. The summed E-state index contributed by atoms with van der Waals surface area (Å²) in [5.41, 5.74) is 5.38. The molecule has 0 saturated carbocycles. The Balaban J connectivity index is 4.14. The highest BCUT2D eigenvalue weighted by Gasteiger charge is 2.27. The van der Waals surface area contributed by atoms with Gasteiger partial charge in [0.1, 0.15) is 0 Å². The summed E-state index contributed by atoms with van der Waals surface area (Å²) < 4.78 is 22.2. The number of hydrogen-bond donors (Lipinski definition) is 4. The van der Waals surface area contributed by atoms with Gasteiger partial charge < -0.3 is 21.1 Å². The van der Waals surface area contributed by atoms with E-state index >= 15 is 0 Å². The lowest BCUT2D eigenvalue weighted by atomic mass is 10.0. The summed E-state index contributed by atoms with van der Waals surface area (Å²) in [6.45, 7) is 4.22. The number of rotatable bonds is 42. The standard InChI is InChI=1S/C43H87N2O6P/c1-3-5-7-9-11-13-15-17-19-21-23-25-27-29-31-33-35-37-43(47)45-41(40-51-52(48,49)50-39-38-44)42(46)36-34-32-30-28-26-24-22-20-18-16-14-12-10-8-6-4-2/h17,19,41-42,46H,3-16,18,20-40,44H2,1-2H3,(H,45,47)(H,48,49)/b19-17-. The number of phosphoric acid groups is 1. The minimum absolute atomic E-state index is 0.0899. The van der Waals surface area contributed by atoms with Crippen LogP contribution in [0.3, 0.4) is 0 Å². The van der Waals surface area contributed by atoms with Crippen molar-refractivity contribution in [2.24, 2.45) is 5.73 Å². The van der Waals surface area contributed by atoms with Gasteiger partial charge in [-0.2, -0.15) is 0 Å². The van der Waals surface area contributed by atoms with Crippen LogP contribution < -0.4 is 11.1 Å². The molecule has 0 aliphatic rings. The van der Waals surface area contributed by atoms with Crippen LogP contribution in [0.5, 0.6) is 0 Å². The Kier molecular flexibility index (Phi) is 39.3. The van der Waals surface area contributed by atoms with Crippen LogP contribution in [-0.2, 0) is 18.4 Å². The van der Waals surface area contributed by atoms with Crippen molar-refractivity contribution in [3.8, 4) is 0 Å². The average molecular weight is 759 g/mol. The lowest BCUT2D eigenvalue weighted by Gasteiger charge is -2.25. The number of aliphatic hydroxyl groups excluding tert-OH is 1. The van der Waals surface area contributed by atoms with Crippen molar-refractivity contribution in [1.82, 2.24) is 5.32 Å². The summed E-state index contributed by atoms with van der Waals surface area (Å²) in [4.78, 5) is 22.7. The van der Waals surface area contributed by atoms with Crippen molar-refractivity contribution in [2.45, 2.75) is 238 Å². The van der Waals surface area contributed by atoms with Crippen molar-refractivity contribution in [1.29, 1.82) is 0 Å². The number of carbonyl (C=O) groups is 1. The minimum Gasteiger partial charge on any atom is -0.391 e. The van der Waals surface area contributed by atoms with Crippen molar-refractivity contribution < 1.29 is 28.4 Å². The number of nitrogens with one attached hydrogen (secondary N) is 1. The minimum atomic E-state index is -4.31. The molecule has 0 saturated heterocycles. The third-order valence-corrected chi connectivity index (χ3v) is 11.1. The smallest absolute Gasteiger partial charge is 0.391 e. The Hall–Kier alpha value is -0.760. The quantitative estimate of drug-likeness (QED) is 0.0277. The molecule has 3 unspecified atom stereocenters. The third-order valence-electron chi connectivity index (χ3n) is 10.1. The van der Waals surface area contributed by atoms with Gasteiger partial charge in [0, 0.05) is 13.0 Å². The number of unbranched alkanes of at least 4 members (excludes halogenated alkanes) is 28. The van der Waals surface area contributed by atoms with Crippen LogP contribution in [-0.4, -0.2) is 47.8 Å². The first-order chi connectivity index (χ1) is 25.4. The number of nitrogens with two attached hydrogens (primary N) is 1. The highest BCUT2D eigenvalue weighted by atomic mass is 31.2. The molecule has 0 bridgehead atoms. The molecular weight excluding hydrogens is 671 g/mol. The van der Waals surface area contributed by atoms with Crippen molar-refractivity contribution in [3.63, 3.8) is 0 Å². The molecule has 0 aliphatic carbocycles. The number of hydrogen-bond acceptors (Lipinski definition) is 6. The fraction of sp³-hybridized carbons (Fsp3) is 0.930. The molecule has 310 valence electrons. The summed E-state index contributed by atoms with van der Waals surface area (Å²) in [6.07, 6.45) is 43.6. The van der Waals surface area contributed by atoms with Crippen LogP contribution >= 0.6 is 7.82 Å². The number of amides is 1. The fourth-order valence-electron chi connectivity index (χ4n) is 6.72. The lowest BCUT2D eigenvalue weighted by molar-refractivity contribution is -0.123. The molecule has 0 aliphatic heterocycles. The van der Waals surface area contributed by atoms with Gasteiger partial charge in [-0.3, -0.25) is 13.8 Å². The Morgan fingerprint density at radius 3 is 1.42 bits per heavy atom. The molecule has 1 amide bonds. The number of phosphoric ester groups is 1. The maximum atomic E-state index is 12.8. The molecule has 0 spiro atoms. The first-order valence-electron chi connectivity index (χ1n) is 22.3. The maximum absolute atomic E-state index is 12.8. The van der Waals surface area contributed by atoms with Crippen LogP contribution in [0.1, 0.15) is 226 Å². The number of carbonyl (C=O) groups excluding carboxylic acids is 1. The van der Waals surface area contributed by atoms with Gasteiger partial charge in [0.05, 0.1) is 25.4 Å². The van der Waals surface area contributed by atoms with E-state index < -0.39 is 20.0 Å². The van der Waals surface area contributed by atoms with Crippen molar-refractivity contribution >= 4 is 13.7 Å². The van der Waals surface area contributed by atoms with E-state index in [9.17, 15) is 19.4 Å². The van der Waals surface area contributed by atoms with E-state index in [0.29, 0.717) is 12.8 Å². The van der Waals surface area contributed by atoms with Crippen LogP contribution in [0.2, 0.25) is 0 Å². The predicted molar refractivity (Wildman–Crippen MR) is 222 cm³/mol. The summed E-state index contributed by atoms with van der Waals surface area (Å²) in [5, 5.41) is 13.8. The zero-order valence-corrected chi connectivity index (χ0v) is 35.2. The Morgan fingerprint density at radius 1 is 0.615 bits per heavy atom. The highest BCUT2D eigenvalue weighted by Crippen LogP contribution is 2.43. The van der Waals surface area contributed by atoms with Gasteiger partial charge in [0.25, 0.3) is 0 Å². The second-order valence-electron chi connectivity index (χ2n) is 15.3. The van der Waals surface area contributed by atoms with Gasteiger partial charge in [-0.25, -0.2) is 4.57 Å². The average Bonchev–Trinajstić information content (AvgIpc) is 3.13. The third kappa shape index (κ3) is 37.6. The zero-order valence-electron chi connectivity index (χ0n) is 34.3. The van der Waals surface area contributed by atoms with Crippen molar-refractivity contribution in [2.75, 3.05) is 19.8 Å². The largest absolute Gasteiger partial charge is 0.472 e. The Bertz CT molecular complexity index is 829. The van der Waals surface area contributed by atoms with Gasteiger partial charge in [0.15, 0.2) is 0 Å². The molecule has 9 heteroatoms. The molecule has 0 aromatic heterocycles. The molecular formula is C43H87N2O6P. The van der Waals surface area contributed by atoms with E-state index in [2.05, 4.69) is 31.3 Å². The summed E-state index contributed by atoms with van der Waals surface area (Å²) in [5.74, 6) is -0.164. The van der Waals surface area contributed by atoms with Gasteiger partial charge in [-0.15, -0.1) is 0 Å². The first-order valence-corrected chi connectivity index (χ1v) is 23.8. The summed E-state index contributed by atoms with van der Waals surface area (Å²) in [7, 11) is -4.31. The van der Waals surface area contributed by atoms with E-state index in [-0.39, 0.29) is 25.7 Å². The normalized spacial score (nSPS) is 14.2. The topological polar surface area (TPSA) is 131 Å². The molecule has 3 atom stereocenters. The molecule has 0 aromatic rings. The van der Waals surface area contributed by atoms with Gasteiger partial charge in [0.2, 0.25) is 5.91 Å². The van der Waals surface area contributed by atoms with Crippen LogP contribution in [0.4, 0.5) is 0 Å². The van der Waals surface area contributed by atoms with Crippen LogP contribution in [0, 0.1) is 0 Å². The second-order valence-corrected chi connectivity index (χ2v) is 16.7. The second kappa shape index (κ2) is 39.9. The highest BCUT2D eigenvalue weighted by molar-refractivity contribution is 7.47. The Morgan fingerprint density at radius 2 is 1.00 bits per heavy atom. The van der Waals surface area contributed by atoms with E-state index in [0.717, 1.165) is 38.5 Å². The van der Waals surface area contributed by atoms with E-state index in [4.69, 9.17) is 14.8 Å². The SMILES string of the molecule is CCCCCCCC/C=C\CCCCCCCCCC(=O)NC(COP(=O)(O)OCCN)C(O)CCCCCCCCCCCCCCCCCC. The van der Waals surface area contributed by atoms with Crippen LogP contribution in [0.15, 0.2) is 12.2 Å². The van der Waals surface area contributed by atoms with E-state index in [1.165, 1.54) is 161 Å². The zero-order chi connectivity index (χ0) is 38.2. The predicted octanol–water partition coefficient (Wildman–Crippen LogP) is 12.4. The molecule has 0 heterocycles. The lowest BCUT2D eigenvalue weighted by Crippen LogP contribution is -2.46. The molecule has 0 radical (unpaired) electrons. The molecule has 0 rings (SSSR count). The Labute approximate surface area is 322 Å². The molecule has 5 N–H and O–H groups in total. The molecule has 8 nitrogen and oxygen atoms in total. The summed E-state index contributed by atoms with van der Waals surface area (Å²) in [6, 6.07) is -0.773. The van der Waals surface area contributed by atoms with Gasteiger partial charge >= 0.3 is 7.82 Å². The number of aliphatic hydroxyl groups is 1. The van der Waals surface area contributed by atoms with Gasteiger partial charge in [-0.05, 0) is 38.5 Å². The molecule has 52 heavy (non-hydrogen) atoms.